The predicted molar refractivity (Wildman–Crippen MR) is 144 cm³/mol. The number of nitrogens with one attached hydrogen (secondary N) is 4. The van der Waals surface area contributed by atoms with Gasteiger partial charge in [0, 0.05) is 23.5 Å². The molecule has 210 valence electrons. The number of nitrogens with two attached hydrogens (primary N) is 1. The molecule has 11 heteroatoms. The Morgan fingerprint density at radius 1 is 0.947 bits per heavy atom. The van der Waals surface area contributed by atoms with Crippen molar-refractivity contribution in [1.82, 2.24) is 20.9 Å². The molecule has 0 bridgehead atoms. The Hall–Kier alpha value is -3.44. The Morgan fingerprint density at radius 3 is 2.16 bits per heavy atom. The molecule has 0 saturated heterocycles. The van der Waals surface area contributed by atoms with E-state index in [1.54, 1.807) is 13.1 Å². The van der Waals surface area contributed by atoms with E-state index >= 15 is 0 Å². The van der Waals surface area contributed by atoms with Gasteiger partial charge in [-0.15, -0.1) is 0 Å². The zero-order valence-corrected chi connectivity index (χ0v) is 22.7. The number of hydrogen-bond acceptors (Lipinski definition) is 6. The van der Waals surface area contributed by atoms with Gasteiger partial charge in [-0.3, -0.25) is 14.4 Å². The largest absolute Gasteiger partial charge is 0.480 e. The molecular formula is C27H41N5O6. The van der Waals surface area contributed by atoms with Crippen LogP contribution in [0.5, 0.6) is 0 Å². The lowest BCUT2D eigenvalue weighted by Crippen LogP contribution is -2.60. The summed E-state index contributed by atoms with van der Waals surface area (Å²) < 4.78 is 0. The summed E-state index contributed by atoms with van der Waals surface area (Å²) in [7, 11) is 0. The number of aliphatic hydroxyl groups is 1. The highest BCUT2D eigenvalue weighted by Crippen LogP contribution is 2.19. The third-order valence-electron chi connectivity index (χ3n) is 6.68. The highest BCUT2D eigenvalue weighted by atomic mass is 16.4. The van der Waals surface area contributed by atoms with E-state index in [9.17, 15) is 29.4 Å². The molecule has 3 amide bonds. The molecule has 1 aromatic heterocycles. The standard InChI is InChI=1S/C27H41N5O6/c1-6-15(4)22(28)25(35)32-23(16(5)33)26(36)30-20(24(34)31-21(27(37)38)11-14(2)3)12-17-13-29-19-10-8-7-9-18(17)19/h7-10,13-16,20-23,29,33H,6,11-12,28H2,1-5H3,(H,30,36)(H,31,34)(H,32,35)(H,37,38). The number of carbonyl (C=O) groups is 4. The molecule has 2 rings (SSSR count). The molecule has 0 saturated carbocycles. The quantitative estimate of drug-likeness (QED) is 0.190. The summed E-state index contributed by atoms with van der Waals surface area (Å²) in [5.74, 6) is -3.41. The molecule has 2 aromatic rings. The average Bonchev–Trinajstić information content (AvgIpc) is 3.27. The third kappa shape index (κ3) is 8.29. The minimum absolute atomic E-state index is 0.00242. The van der Waals surface area contributed by atoms with Crippen LogP contribution in [0.3, 0.4) is 0 Å². The number of carboxylic acids is 1. The molecule has 6 unspecified atom stereocenters. The van der Waals surface area contributed by atoms with Crippen molar-refractivity contribution >= 4 is 34.6 Å². The SMILES string of the molecule is CCC(C)C(N)C(=O)NC(C(=O)NC(Cc1c[nH]c2ccccc12)C(=O)NC(CC(C)C)C(=O)O)C(C)O. The fourth-order valence-corrected chi connectivity index (χ4v) is 4.12. The number of benzene rings is 1. The summed E-state index contributed by atoms with van der Waals surface area (Å²) in [5, 5.41) is 28.4. The van der Waals surface area contributed by atoms with Crippen molar-refractivity contribution in [2.24, 2.45) is 17.6 Å². The number of aromatic amines is 1. The van der Waals surface area contributed by atoms with Crippen molar-refractivity contribution in [3.05, 3.63) is 36.0 Å². The summed E-state index contributed by atoms with van der Waals surface area (Å²) in [4.78, 5) is 54.1. The summed E-state index contributed by atoms with van der Waals surface area (Å²) in [6.45, 7) is 8.71. The highest BCUT2D eigenvalue weighted by Gasteiger charge is 2.33. The van der Waals surface area contributed by atoms with Crippen LogP contribution in [0.1, 0.15) is 53.0 Å². The first-order valence-corrected chi connectivity index (χ1v) is 13.0. The number of H-pyrrole nitrogens is 1. The fourth-order valence-electron chi connectivity index (χ4n) is 4.12. The number of para-hydroxylation sites is 1. The van der Waals surface area contributed by atoms with Crippen LogP contribution < -0.4 is 21.7 Å². The van der Waals surface area contributed by atoms with Crippen molar-refractivity contribution < 1.29 is 29.4 Å². The van der Waals surface area contributed by atoms with E-state index in [4.69, 9.17) is 5.73 Å². The van der Waals surface area contributed by atoms with Gasteiger partial charge in [-0.2, -0.15) is 0 Å². The van der Waals surface area contributed by atoms with E-state index < -0.39 is 54.0 Å². The number of aliphatic carboxylic acids is 1. The van der Waals surface area contributed by atoms with Crippen molar-refractivity contribution in [2.45, 2.75) is 84.2 Å². The van der Waals surface area contributed by atoms with Gasteiger partial charge in [0.15, 0.2) is 0 Å². The van der Waals surface area contributed by atoms with E-state index in [0.717, 1.165) is 16.5 Å². The second-order valence-electron chi connectivity index (χ2n) is 10.3. The van der Waals surface area contributed by atoms with Crippen molar-refractivity contribution in [2.75, 3.05) is 0 Å². The van der Waals surface area contributed by atoms with E-state index in [2.05, 4.69) is 20.9 Å². The highest BCUT2D eigenvalue weighted by molar-refractivity contribution is 5.95. The first kappa shape index (κ1) is 30.8. The molecule has 6 atom stereocenters. The number of fused-ring (bicyclic) bond motifs is 1. The maximum Gasteiger partial charge on any atom is 0.326 e. The van der Waals surface area contributed by atoms with Crippen molar-refractivity contribution in [1.29, 1.82) is 0 Å². The lowest BCUT2D eigenvalue weighted by atomic mass is 9.98. The Bertz CT molecular complexity index is 1110. The van der Waals surface area contributed by atoms with Crippen LogP contribution in [0, 0.1) is 11.8 Å². The van der Waals surface area contributed by atoms with Crippen LogP contribution in [-0.2, 0) is 25.6 Å². The maximum absolute atomic E-state index is 13.3. The number of carboxylic acid groups (broad SMARTS) is 1. The van der Waals surface area contributed by atoms with E-state index in [1.165, 1.54) is 6.92 Å². The monoisotopic (exact) mass is 531 g/mol. The van der Waals surface area contributed by atoms with E-state index in [-0.39, 0.29) is 24.7 Å². The molecule has 1 aromatic carbocycles. The Labute approximate surface area is 222 Å². The van der Waals surface area contributed by atoms with Gasteiger partial charge < -0.3 is 36.9 Å². The molecule has 1 heterocycles. The van der Waals surface area contributed by atoms with Crippen LogP contribution in [-0.4, -0.2) is 69.2 Å². The van der Waals surface area contributed by atoms with E-state index in [0.29, 0.717) is 6.42 Å². The summed E-state index contributed by atoms with van der Waals surface area (Å²) in [6.07, 6.45) is 1.33. The minimum atomic E-state index is -1.37. The van der Waals surface area contributed by atoms with Crippen LogP contribution in [0.2, 0.25) is 0 Å². The van der Waals surface area contributed by atoms with Gasteiger partial charge >= 0.3 is 5.97 Å². The normalized spacial score (nSPS) is 16.2. The molecule has 38 heavy (non-hydrogen) atoms. The second-order valence-corrected chi connectivity index (χ2v) is 10.3. The maximum atomic E-state index is 13.3. The van der Waals surface area contributed by atoms with Gasteiger partial charge in [0.2, 0.25) is 17.7 Å². The topological polar surface area (TPSA) is 187 Å². The van der Waals surface area contributed by atoms with Crippen LogP contribution in [0.15, 0.2) is 30.5 Å². The van der Waals surface area contributed by atoms with E-state index in [1.807, 2.05) is 45.0 Å². The van der Waals surface area contributed by atoms with Crippen LogP contribution in [0.25, 0.3) is 10.9 Å². The smallest absolute Gasteiger partial charge is 0.326 e. The number of rotatable bonds is 14. The third-order valence-corrected chi connectivity index (χ3v) is 6.68. The minimum Gasteiger partial charge on any atom is -0.480 e. The second kappa shape index (κ2) is 13.9. The number of carbonyl (C=O) groups excluding carboxylic acids is 3. The predicted octanol–water partition coefficient (Wildman–Crippen LogP) is 1.05. The molecular weight excluding hydrogens is 490 g/mol. The molecule has 0 aliphatic heterocycles. The molecule has 11 nitrogen and oxygen atoms in total. The molecule has 0 aliphatic carbocycles. The Morgan fingerprint density at radius 2 is 1.58 bits per heavy atom. The lowest BCUT2D eigenvalue weighted by Gasteiger charge is -2.27. The van der Waals surface area contributed by atoms with Gasteiger partial charge in [0.25, 0.3) is 0 Å². The summed E-state index contributed by atoms with van der Waals surface area (Å²) in [5.41, 5.74) is 7.55. The number of aromatic nitrogens is 1. The van der Waals surface area contributed by atoms with Gasteiger partial charge in [0.1, 0.15) is 18.1 Å². The fraction of sp³-hybridized carbons (Fsp3) is 0.556. The number of aliphatic hydroxyl groups excluding tert-OH is 1. The summed E-state index contributed by atoms with van der Waals surface area (Å²) in [6, 6.07) is 2.85. The molecule has 0 fully saturated rings. The Balaban J connectivity index is 2.32. The zero-order valence-electron chi connectivity index (χ0n) is 22.7. The zero-order chi connectivity index (χ0) is 28.6. The molecule has 0 radical (unpaired) electrons. The first-order chi connectivity index (χ1) is 17.8. The molecule has 0 aliphatic rings. The molecule has 8 N–H and O–H groups in total. The first-order valence-electron chi connectivity index (χ1n) is 13.0. The lowest BCUT2D eigenvalue weighted by molar-refractivity contribution is -0.143. The molecule has 0 spiro atoms. The van der Waals surface area contributed by atoms with Gasteiger partial charge in [0.05, 0.1) is 12.1 Å². The van der Waals surface area contributed by atoms with Gasteiger partial charge in [-0.1, -0.05) is 52.3 Å². The number of amides is 3. The van der Waals surface area contributed by atoms with Gasteiger partial charge in [-0.05, 0) is 36.8 Å². The van der Waals surface area contributed by atoms with Crippen molar-refractivity contribution in [3.63, 3.8) is 0 Å². The average molecular weight is 532 g/mol. The Kier molecular flexibility index (Phi) is 11.3. The van der Waals surface area contributed by atoms with Gasteiger partial charge in [-0.25, -0.2) is 4.79 Å². The van der Waals surface area contributed by atoms with Crippen molar-refractivity contribution in [3.8, 4) is 0 Å². The number of hydrogen-bond donors (Lipinski definition) is 7. The van der Waals surface area contributed by atoms with Crippen LogP contribution in [0.4, 0.5) is 0 Å². The van der Waals surface area contributed by atoms with Crippen LogP contribution >= 0.6 is 0 Å². The summed E-state index contributed by atoms with van der Waals surface area (Å²) >= 11 is 0.